The molecule has 2 aliphatic carbocycles. The summed E-state index contributed by atoms with van der Waals surface area (Å²) in [5.41, 5.74) is 6.57. The van der Waals surface area contributed by atoms with Gasteiger partial charge in [-0.1, -0.05) is 13.8 Å². The van der Waals surface area contributed by atoms with E-state index in [4.69, 9.17) is 5.73 Å². The molecule has 0 aromatic heterocycles. The van der Waals surface area contributed by atoms with Crippen LogP contribution in [0.5, 0.6) is 0 Å². The first-order chi connectivity index (χ1) is 9.61. The van der Waals surface area contributed by atoms with Crippen LogP contribution in [-0.2, 0) is 0 Å². The van der Waals surface area contributed by atoms with Gasteiger partial charge in [0.25, 0.3) is 0 Å². The molecule has 0 spiro atoms. The summed E-state index contributed by atoms with van der Waals surface area (Å²) in [4.78, 5) is 5.44. The van der Waals surface area contributed by atoms with Crippen molar-refractivity contribution in [2.24, 2.45) is 23.5 Å². The monoisotopic (exact) mass is 279 g/mol. The lowest BCUT2D eigenvalue weighted by molar-refractivity contribution is -0.0133. The molecule has 3 nitrogen and oxygen atoms in total. The largest absolute Gasteiger partial charge is 0.329 e. The van der Waals surface area contributed by atoms with Crippen molar-refractivity contribution in [1.82, 2.24) is 9.80 Å². The fourth-order valence-electron chi connectivity index (χ4n) is 4.86. The molecule has 2 N–H and O–H groups in total. The number of rotatable bonds is 4. The van der Waals surface area contributed by atoms with Crippen LogP contribution < -0.4 is 5.73 Å². The van der Waals surface area contributed by atoms with E-state index in [0.717, 1.165) is 24.3 Å². The molecule has 0 radical (unpaired) electrons. The Bertz CT molecular complexity index is 308. The summed E-state index contributed by atoms with van der Waals surface area (Å²) in [6, 6.07) is 0. The molecule has 0 aromatic rings. The number of hydrogen-bond acceptors (Lipinski definition) is 3. The molecule has 1 heterocycles. The van der Waals surface area contributed by atoms with Gasteiger partial charge in [0.15, 0.2) is 0 Å². The third kappa shape index (κ3) is 3.20. The molecule has 2 atom stereocenters. The smallest absolute Gasteiger partial charge is 0.0337 e. The molecular weight excluding hydrogens is 246 g/mol. The molecule has 2 unspecified atom stereocenters. The summed E-state index contributed by atoms with van der Waals surface area (Å²) in [5.74, 6) is 2.71. The second-order valence-electron chi connectivity index (χ2n) is 8.01. The minimum atomic E-state index is 0.308. The Morgan fingerprint density at radius 1 is 1.00 bits per heavy atom. The van der Waals surface area contributed by atoms with Gasteiger partial charge >= 0.3 is 0 Å². The highest BCUT2D eigenvalue weighted by Crippen LogP contribution is 2.40. The van der Waals surface area contributed by atoms with Gasteiger partial charge < -0.3 is 10.6 Å². The fraction of sp³-hybridized carbons (Fsp3) is 1.00. The highest BCUT2D eigenvalue weighted by atomic mass is 15.3. The van der Waals surface area contributed by atoms with Gasteiger partial charge in [-0.3, -0.25) is 4.90 Å². The summed E-state index contributed by atoms with van der Waals surface area (Å²) in [6.07, 6.45) is 6.97. The molecule has 1 aliphatic heterocycles. The maximum Gasteiger partial charge on any atom is 0.0337 e. The van der Waals surface area contributed by atoms with Crippen LogP contribution in [0.3, 0.4) is 0 Å². The number of nitrogens with zero attached hydrogens (tertiary/aromatic N) is 2. The first-order valence-electron chi connectivity index (χ1n) is 8.79. The maximum absolute atomic E-state index is 6.26. The second-order valence-corrected chi connectivity index (χ2v) is 8.01. The van der Waals surface area contributed by atoms with Gasteiger partial charge in [-0.15, -0.1) is 0 Å². The molecule has 3 aliphatic rings. The van der Waals surface area contributed by atoms with Crippen molar-refractivity contribution < 1.29 is 0 Å². The first-order valence-corrected chi connectivity index (χ1v) is 8.79. The Morgan fingerprint density at radius 3 is 2.10 bits per heavy atom. The van der Waals surface area contributed by atoms with Crippen LogP contribution >= 0.6 is 0 Å². The molecule has 0 bridgehead atoms. The minimum absolute atomic E-state index is 0.308. The van der Waals surface area contributed by atoms with Crippen molar-refractivity contribution in [3.63, 3.8) is 0 Å². The predicted molar refractivity (Wildman–Crippen MR) is 84.7 cm³/mol. The van der Waals surface area contributed by atoms with Gasteiger partial charge in [-0.05, 0) is 49.9 Å². The quantitative estimate of drug-likeness (QED) is 0.856. The van der Waals surface area contributed by atoms with E-state index < -0.39 is 0 Å². The summed E-state index contributed by atoms with van der Waals surface area (Å²) >= 11 is 0. The van der Waals surface area contributed by atoms with Crippen LogP contribution in [0.15, 0.2) is 0 Å². The molecule has 2 saturated carbocycles. The Morgan fingerprint density at radius 2 is 1.60 bits per heavy atom. The van der Waals surface area contributed by atoms with Crippen LogP contribution in [0.4, 0.5) is 0 Å². The number of nitrogens with two attached hydrogens (primary N) is 1. The van der Waals surface area contributed by atoms with E-state index in [9.17, 15) is 0 Å². The topological polar surface area (TPSA) is 32.5 Å². The van der Waals surface area contributed by atoms with Crippen LogP contribution in [-0.4, -0.2) is 54.6 Å². The Labute approximate surface area is 124 Å². The summed E-state index contributed by atoms with van der Waals surface area (Å²) in [5, 5.41) is 0. The average Bonchev–Trinajstić information content (AvgIpc) is 3.22. The zero-order chi connectivity index (χ0) is 14.2. The molecule has 20 heavy (non-hydrogen) atoms. The van der Waals surface area contributed by atoms with Gasteiger partial charge in [-0.2, -0.15) is 0 Å². The molecule has 0 amide bonds. The Balaban J connectivity index is 1.58. The molecule has 1 saturated heterocycles. The normalized spacial score (nSPS) is 41.0. The lowest BCUT2D eigenvalue weighted by Gasteiger charge is -2.52. The van der Waals surface area contributed by atoms with Crippen LogP contribution in [0, 0.1) is 17.8 Å². The second kappa shape index (κ2) is 5.94. The van der Waals surface area contributed by atoms with Gasteiger partial charge in [0.1, 0.15) is 0 Å². The molecule has 116 valence electrons. The SMILES string of the molecule is CC1CC(C)CC(CN)(N2CCN(CC3CC3)CC2)C1. The maximum atomic E-state index is 6.26. The van der Waals surface area contributed by atoms with E-state index >= 15 is 0 Å². The lowest BCUT2D eigenvalue weighted by atomic mass is 9.70. The highest BCUT2D eigenvalue weighted by Gasteiger charge is 2.42. The van der Waals surface area contributed by atoms with E-state index in [2.05, 4.69) is 23.6 Å². The van der Waals surface area contributed by atoms with Crippen molar-refractivity contribution >= 4 is 0 Å². The highest BCUT2D eigenvalue weighted by molar-refractivity contribution is 4.99. The van der Waals surface area contributed by atoms with Crippen LogP contribution in [0.1, 0.15) is 46.0 Å². The summed E-state index contributed by atoms with van der Waals surface area (Å²) in [6.45, 7) is 12.1. The number of hydrogen-bond donors (Lipinski definition) is 1. The fourth-order valence-corrected chi connectivity index (χ4v) is 4.86. The van der Waals surface area contributed by atoms with Gasteiger partial charge in [0.05, 0.1) is 0 Å². The summed E-state index contributed by atoms with van der Waals surface area (Å²) in [7, 11) is 0. The Hall–Kier alpha value is -0.120. The average molecular weight is 279 g/mol. The molecule has 3 rings (SSSR count). The van der Waals surface area contributed by atoms with Crippen molar-refractivity contribution in [2.75, 3.05) is 39.3 Å². The van der Waals surface area contributed by atoms with Crippen molar-refractivity contribution in [2.45, 2.75) is 51.5 Å². The van der Waals surface area contributed by atoms with Crippen molar-refractivity contribution in [1.29, 1.82) is 0 Å². The third-order valence-corrected chi connectivity index (χ3v) is 5.90. The van der Waals surface area contributed by atoms with Gasteiger partial charge in [0, 0.05) is 44.8 Å². The van der Waals surface area contributed by atoms with Gasteiger partial charge in [0.2, 0.25) is 0 Å². The number of piperazine rings is 1. The lowest BCUT2D eigenvalue weighted by Crippen LogP contribution is -2.62. The molecular formula is C17H33N3. The van der Waals surface area contributed by atoms with E-state index in [1.54, 1.807) is 0 Å². The molecule has 3 fully saturated rings. The van der Waals surface area contributed by atoms with E-state index in [0.29, 0.717) is 5.54 Å². The predicted octanol–water partition coefficient (Wildman–Crippen LogP) is 2.17. The van der Waals surface area contributed by atoms with Crippen molar-refractivity contribution in [3.8, 4) is 0 Å². The zero-order valence-electron chi connectivity index (χ0n) is 13.5. The standard InChI is InChI=1S/C17H33N3/c1-14-9-15(2)11-17(10-14,13-18)20-7-5-19(6-8-20)12-16-3-4-16/h14-16H,3-13,18H2,1-2H3. The summed E-state index contributed by atoms with van der Waals surface area (Å²) < 4.78 is 0. The van der Waals surface area contributed by atoms with E-state index in [-0.39, 0.29) is 0 Å². The first kappa shape index (κ1) is 14.8. The van der Waals surface area contributed by atoms with Crippen molar-refractivity contribution in [3.05, 3.63) is 0 Å². The zero-order valence-corrected chi connectivity index (χ0v) is 13.5. The van der Waals surface area contributed by atoms with Gasteiger partial charge in [-0.25, -0.2) is 0 Å². The van der Waals surface area contributed by atoms with Crippen LogP contribution in [0.25, 0.3) is 0 Å². The third-order valence-electron chi connectivity index (χ3n) is 5.90. The minimum Gasteiger partial charge on any atom is -0.329 e. The van der Waals surface area contributed by atoms with E-state index in [1.807, 2.05) is 0 Å². The van der Waals surface area contributed by atoms with E-state index in [1.165, 1.54) is 64.8 Å². The Kier molecular flexibility index (Phi) is 4.40. The van der Waals surface area contributed by atoms with Crippen LogP contribution in [0.2, 0.25) is 0 Å². The molecule has 3 heteroatoms. The molecule has 0 aromatic carbocycles.